The van der Waals surface area contributed by atoms with Gasteiger partial charge in [-0.15, -0.1) is 0 Å². The first kappa shape index (κ1) is 15.8. The minimum Gasteiger partial charge on any atom is -0.481 e. The van der Waals surface area contributed by atoms with Crippen LogP contribution in [0.4, 0.5) is 0 Å². The maximum atomic E-state index is 12.1. The SMILES string of the molecule is CCNC(=O)CCCC(=O)N1C[C@H](C(=O)O)[C@@H](C2CC2)C1. The zero-order valence-electron chi connectivity index (χ0n) is 12.5. The Balaban J connectivity index is 1.78. The Morgan fingerprint density at radius 3 is 2.48 bits per heavy atom. The average Bonchev–Trinajstić information content (AvgIpc) is 3.17. The van der Waals surface area contributed by atoms with Crippen molar-refractivity contribution in [1.82, 2.24) is 10.2 Å². The molecule has 0 spiro atoms. The van der Waals surface area contributed by atoms with Gasteiger partial charge in [-0.1, -0.05) is 0 Å². The van der Waals surface area contributed by atoms with Gasteiger partial charge in [0, 0.05) is 32.5 Å². The third-order valence-electron chi connectivity index (χ3n) is 4.43. The number of rotatable bonds is 7. The summed E-state index contributed by atoms with van der Waals surface area (Å²) in [6, 6.07) is 0. The molecule has 21 heavy (non-hydrogen) atoms. The van der Waals surface area contributed by atoms with Crippen LogP contribution in [0, 0.1) is 17.8 Å². The molecule has 0 aromatic heterocycles. The van der Waals surface area contributed by atoms with E-state index in [4.69, 9.17) is 0 Å². The lowest BCUT2D eigenvalue weighted by molar-refractivity contribution is -0.142. The van der Waals surface area contributed by atoms with E-state index in [1.165, 1.54) is 0 Å². The Hall–Kier alpha value is -1.59. The summed E-state index contributed by atoms with van der Waals surface area (Å²) in [5.41, 5.74) is 0. The van der Waals surface area contributed by atoms with Crippen LogP contribution in [0.15, 0.2) is 0 Å². The lowest BCUT2D eigenvalue weighted by atomic mass is 9.92. The van der Waals surface area contributed by atoms with Crippen molar-refractivity contribution in [2.24, 2.45) is 17.8 Å². The molecule has 1 heterocycles. The van der Waals surface area contributed by atoms with Gasteiger partial charge in [0.05, 0.1) is 5.92 Å². The highest BCUT2D eigenvalue weighted by atomic mass is 16.4. The molecule has 2 aliphatic rings. The van der Waals surface area contributed by atoms with Crippen LogP contribution < -0.4 is 5.32 Å². The van der Waals surface area contributed by atoms with E-state index in [0.29, 0.717) is 44.8 Å². The maximum absolute atomic E-state index is 12.1. The number of nitrogens with zero attached hydrogens (tertiary/aromatic N) is 1. The Labute approximate surface area is 124 Å². The van der Waals surface area contributed by atoms with Crippen molar-refractivity contribution in [3.05, 3.63) is 0 Å². The highest BCUT2D eigenvalue weighted by molar-refractivity contribution is 5.80. The predicted molar refractivity (Wildman–Crippen MR) is 76.5 cm³/mol. The Bertz CT molecular complexity index is 420. The van der Waals surface area contributed by atoms with Gasteiger partial charge in [-0.25, -0.2) is 0 Å². The molecule has 6 heteroatoms. The van der Waals surface area contributed by atoms with Crippen LogP contribution in [0.5, 0.6) is 0 Å². The van der Waals surface area contributed by atoms with Gasteiger partial charge in [0.1, 0.15) is 0 Å². The summed E-state index contributed by atoms with van der Waals surface area (Å²) in [5, 5.41) is 12.0. The highest BCUT2D eigenvalue weighted by Crippen LogP contribution is 2.44. The molecule has 6 nitrogen and oxygen atoms in total. The normalized spacial score (nSPS) is 24.9. The molecule has 118 valence electrons. The molecule has 1 aliphatic heterocycles. The van der Waals surface area contributed by atoms with Gasteiger partial charge >= 0.3 is 5.97 Å². The zero-order valence-corrected chi connectivity index (χ0v) is 12.5. The Morgan fingerprint density at radius 2 is 1.90 bits per heavy atom. The number of likely N-dealkylation sites (tertiary alicyclic amines) is 1. The van der Waals surface area contributed by atoms with E-state index in [0.717, 1.165) is 12.8 Å². The Morgan fingerprint density at radius 1 is 1.19 bits per heavy atom. The summed E-state index contributed by atoms with van der Waals surface area (Å²) < 4.78 is 0. The van der Waals surface area contributed by atoms with Crippen molar-refractivity contribution in [3.8, 4) is 0 Å². The maximum Gasteiger partial charge on any atom is 0.308 e. The summed E-state index contributed by atoms with van der Waals surface area (Å²) in [4.78, 5) is 36.4. The minimum atomic E-state index is -0.787. The van der Waals surface area contributed by atoms with Crippen molar-refractivity contribution in [3.63, 3.8) is 0 Å². The van der Waals surface area contributed by atoms with E-state index in [-0.39, 0.29) is 17.7 Å². The highest BCUT2D eigenvalue weighted by Gasteiger charge is 2.46. The summed E-state index contributed by atoms with van der Waals surface area (Å²) in [7, 11) is 0. The molecule has 2 rings (SSSR count). The third kappa shape index (κ3) is 4.19. The molecule has 1 aliphatic carbocycles. The zero-order chi connectivity index (χ0) is 15.4. The number of carboxylic acid groups (broad SMARTS) is 1. The fourth-order valence-corrected chi connectivity index (χ4v) is 3.14. The molecule has 0 aromatic carbocycles. The number of carbonyl (C=O) groups excluding carboxylic acids is 2. The van der Waals surface area contributed by atoms with Gasteiger partial charge in [-0.05, 0) is 38.0 Å². The summed E-state index contributed by atoms with van der Waals surface area (Å²) in [5.74, 6) is -0.650. The number of amides is 2. The van der Waals surface area contributed by atoms with Crippen molar-refractivity contribution in [1.29, 1.82) is 0 Å². The Kier molecular flexibility index (Phi) is 5.20. The van der Waals surface area contributed by atoms with Gasteiger partial charge in [-0.3, -0.25) is 14.4 Å². The van der Waals surface area contributed by atoms with Gasteiger partial charge in [-0.2, -0.15) is 0 Å². The molecule has 1 saturated heterocycles. The molecule has 0 bridgehead atoms. The van der Waals surface area contributed by atoms with Crippen molar-refractivity contribution < 1.29 is 19.5 Å². The fraction of sp³-hybridized carbons (Fsp3) is 0.800. The summed E-state index contributed by atoms with van der Waals surface area (Å²) >= 11 is 0. The molecular formula is C15H24N2O4. The predicted octanol–water partition coefficient (Wildman–Crippen LogP) is 0.862. The van der Waals surface area contributed by atoms with Gasteiger partial charge in [0.25, 0.3) is 0 Å². The second-order valence-electron chi connectivity index (χ2n) is 6.05. The first-order valence-corrected chi connectivity index (χ1v) is 7.80. The van der Waals surface area contributed by atoms with Crippen molar-refractivity contribution in [2.45, 2.75) is 39.0 Å². The summed E-state index contributed by atoms with van der Waals surface area (Å²) in [6.07, 6.45) is 3.37. The average molecular weight is 296 g/mol. The second kappa shape index (κ2) is 6.91. The molecule has 2 fully saturated rings. The number of aliphatic carboxylic acids is 1. The number of carboxylic acids is 1. The number of carbonyl (C=O) groups is 3. The molecule has 0 unspecified atom stereocenters. The molecule has 0 aromatic rings. The molecule has 2 atom stereocenters. The van der Waals surface area contributed by atoms with E-state index in [1.807, 2.05) is 6.92 Å². The standard InChI is InChI=1S/C15H24N2O4/c1-2-16-13(18)4-3-5-14(19)17-8-11(10-6-7-10)12(9-17)15(20)21/h10-12H,2-9H2,1H3,(H,16,18)(H,20,21)/t11-,12+/m1/s1. The number of nitrogens with one attached hydrogen (secondary N) is 1. The summed E-state index contributed by atoms with van der Waals surface area (Å²) in [6.45, 7) is 3.36. The van der Waals surface area contributed by atoms with E-state index in [1.54, 1.807) is 4.90 Å². The largest absolute Gasteiger partial charge is 0.481 e. The van der Waals surface area contributed by atoms with Crippen LogP contribution in [-0.4, -0.2) is 47.4 Å². The molecular weight excluding hydrogens is 272 g/mol. The van der Waals surface area contributed by atoms with Gasteiger partial charge in [0.2, 0.25) is 11.8 Å². The molecule has 0 radical (unpaired) electrons. The number of hydrogen-bond donors (Lipinski definition) is 2. The minimum absolute atomic E-state index is 0.0197. The second-order valence-corrected chi connectivity index (χ2v) is 6.05. The van der Waals surface area contributed by atoms with Crippen molar-refractivity contribution in [2.75, 3.05) is 19.6 Å². The third-order valence-corrected chi connectivity index (χ3v) is 4.43. The van der Waals surface area contributed by atoms with Gasteiger partial charge < -0.3 is 15.3 Å². The van der Waals surface area contributed by atoms with E-state index in [2.05, 4.69) is 5.32 Å². The van der Waals surface area contributed by atoms with Crippen LogP contribution in [-0.2, 0) is 14.4 Å². The topological polar surface area (TPSA) is 86.7 Å². The lowest BCUT2D eigenvalue weighted by Crippen LogP contribution is -2.30. The smallest absolute Gasteiger partial charge is 0.308 e. The lowest BCUT2D eigenvalue weighted by Gasteiger charge is -2.16. The van der Waals surface area contributed by atoms with E-state index in [9.17, 15) is 19.5 Å². The van der Waals surface area contributed by atoms with Crippen LogP contribution >= 0.6 is 0 Å². The molecule has 1 saturated carbocycles. The fourth-order valence-electron chi connectivity index (χ4n) is 3.14. The quantitative estimate of drug-likeness (QED) is 0.729. The monoisotopic (exact) mass is 296 g/mol. The molecule has 2 N–H and O–H groups in total. The van der Waals surface area contributed by atoms with E-state index >= 15 is 0 Å². The van der Waals surface area contributed by atoms with Crippen LogP contribution in [0.3, 0.4) is 0 Å². The first-order valence-electron chi connectivity index (χ1n) is 7.80. The van der Waals surface area contributed by atoms with Gasteiger partial charge in [0.15, 0.2) is 0 Å². The van der Waals surface area contributed by atoms with E-state index < -0.39 is 11.9 Å². The van der Waals surface area contributed by atoms with Crippen LogP contribution in [0.2, 0.25) is 0 Å². The number of hydrogen-bond acceptors (Lipinski definition) is 3. The van der Waals surface area contributed by atoms with Crippen molar-refractivity contribution >= 4 is 17.8 Å². The van der Waals surface area contributed by atoms with Crippen LogP contribution in [0.1, 0.15) is 39.0 Å². The van der Waals surface area contributed by atoms with Crippen LogP contribution in [0.25, 0.3) is 0 Å². The molecule has 2 amide bonds. The first-order chi connectivity index (χ1) is 10.0.